The van der Waals surface area contributed by atoms with Crippen molar-refractivity contribution in [1.82, 2.24) is 10.2 Å². The van der Waals surface area contributed by atoms with Gasteiger partial charge in [0.25, 0.3) is 0 Å². The van der Waals surface area contributed by atoms with Gasteiger partial charge in [-0.3, -0.25) is 0 Å². The van der Waals surface area contributed by atoms with Crippen molar-refractivity contribution in [2.75, 3.05) is 51.3 Å². The summed E-state index contributed by atoms with van der Waals surface area (Å²) in [5.41, 5.74) is 2.26. The summed E-state index contributed by atoms with van der Waals surface area (Å²) in [6, 6.07) is 16.0. The van der Waals surface area contributed by atoms with Gasteiger partial charge in [0.1, 0.15) is 18.1 Å². The first kappa shape index (κ1) is 19.9. The quantitative estimate of drug-likeness (QED) is 0.746. The minimum Gasteiger partial charge on any atom is -0.495 e. The molecule has 1 fully saturated rings. The normalized spacial score (nSPS) is 13.9. The maximum atomic E-state index is 12.4. The minimum absolute atomic E-state index is 0.0351. The number of urea groups is 1. The van der Waals surface area contributed by atoms with Crippen molar-refractivity contribution >= 4 is 11.7 Å². The predicted molar refractivity (Wildman–Crippen MR) is 111 cm³/mol. The van der Waals surface area contributed by atoms with E-state index in [0.29, 0.717) is 26.2 Å². The van der Waals surface area contributed by atoms with Gasteiger partial charge in [0.15, 0.2) is 0 Å². The lowest BCUT2D eigenvalue weighted by Gasteiger charge is -2.36. The fourth-order valence-electron chi connectivity index (χ4n) is 3.41. The molecular weight excluding hydrogens is 354 g/mol. The number of para-hydroxylation sites is 3. The van der Waals surface area contributed by atoms with Crippen molar-refractivity contribution < 1.29 is 14.3 Å². The highest BCUT2D eigenvalue weighted by atomic mass is 16.5. The van der Waals surface area contributed by atoms with Gasteiger partial charge in [-0.2, -0.15) is 0 Å². The van der Waals surface area contributed by atoms with Crippen LogP contribution in [0.2, 0.25) is 0 Å². The average molecular weight is 383 g/mol. The Bertz CT molecular complexity index is 773. The summed E-state index contributed by atoms with van der Waals surface area (Å²) >= 11 is 0. The number of piperazine rings is 1. The summed E-state index contributed by atoms with van der Waals surface area (Å²) < 4.78 is 11.3. The number of benzene rings is 2. The van der Waals surface area contributed by atoms with Crippen molar-refractivity contribution in [3.8, 4) is 11.5 Å². The van der Waals surface area contributed by atoms with E-state index < -0.39 is 0 Å². The first-order chi connectivity index (χ1) is 13.7. The number of carbonyl (C=O) groups excluding carboxylic acids is 1. The van der Waals surface area contributed by atoms with Gasteiger partial charge in [0.2, 0.25) is 0 Å². The Morgan fingerprint density at radius 1 is 1.00 bits per heavy atom. The van der Waals surface area contributed by atoms with Crippen molar-refractivity contribution in [2.24, 2.45) is 0 Å². The van der Waals surface area contributed by atoms with E-state index in [1.807, 2.05) is 41.3 Å². The van der Waals surface area contributed by atoms with E-state index >= 15 is 0 Å². The third-order valence-electron chi connectivity index (χ3n) is 4.98. The van der Waals surface area contributed by atoms with Gasteiger partial charge in [0.05, 0.1) is 19.3 Å². The van der Waals surface area contributed by atoms with Crippen molar-refractivity contribution in [2.45, 2.75) is 13.3 Å². The van der Waals surface area contributed by atoms with Gasteiger partial charge in [-0.25, -0.2) is 4.79 Å². The summed E-state index contributed by atoms with van der Waals surface area (Å²) in [5.74, 6) is 1.76. The molecule has 6 heteroatoms. The van der Waals surface area contributed by atoms with Gasteiger partial charge in [-0.05, 0) is 30.2 Å². The Hall–Kier alpha value is -2.89. The Balaban J connectivity index is 1.42. The van der Waals surface area contributed by atoms with Crippen LogP contribution in [0.5, 0.6) is 11.5 Å². The topological polar surface area (TPSA) is 54.0 Å². The molecule has 0 atom stereocenters. The second-order valence-electron chi connectivity index (χ2n) is 6.69. The zero-order valence-electron chi connectivity index (χ0n) is 16.7. The van der Waals surface area contributed by atoms with Crippen LogP contribution in [-0.2, 0) is 6.42 Å². The zero-order valence-corrected chi connectivity index (χ0v) is 16.7. The molecule has 0 aromatic heterocycles. The number of nitrogens with zero attached hydrogens (tertiary/aromatic N) is 2. The van der Waals surface area contributed by atoms with Crippen molar-refractivity contribution in [1.29, 1.82) is 0 Å². The maximum absolute atomic E-state index is 12.4. The molecule has 1 saturated heterocycles. The maximum Gasteiger partial charge on any atom is 0.317 e. The molecule has 2 aromatic rings. The molecule has 0 bridgehead atoms. The molecule has 0 spiro atoms. The van der Waals surface area contributed by atoms with Crippen LogP contribution in [0.3, 0.4) is 0 Å². The largest absolute Gasteiger partial charge is 0.495 e. The van der Waals surface area contributed by atoms with Crippen molar-refractivity contribution in [3.63, 3.8) is 0 Å². The number of amides is 2. The van der Waals surface area contributed by atoms with Gasteiger partial charge >= 0.3 is 6.03 Å². The number of nitrogens with one attached hydrogen (secondary N) is 1. The number of carbonyl (C=O) groups is 1. The van der Waals surface area contributed by atoms with Gasteiger partial charge in [-0.15, -0.1) is 0 Å². The Morgan fingerprint density at radius 3 is 2.39 bits per heavy atom. The van der Waals surface area contributed by atoms with Gasteiger partial charge in [-0.1, -0.05) is 37.3 Å². The van der Waals surface area contributed by atoms with E-state index in [0.717, 1.165) is 36.7 Å². The second kappa shape index (κ2) is 9.88. The Morgan fingerprint density at radius 2 is 1.68 bits per heavy atom. The highest BCUT2D eigenvalue weighted by molar-refractivity contribution is 5.74. The summed E-state index contributed by atoms with van der Waals surface area (Å²) in [6.45, 7) is 6.00. The fraction of sp³-hybridized carbons (Fsp3) is 0.409. The molecule has 0 saturated carbocycles. The highest BCUT2D eigenvalue weighted by Gasteiger charge is 2.22. The van der Waals surface area contributed by atoms with Crippen LogP contribution in [-0.4, -0.2) is 57.4 Å². The van der Waals surface area contributed by atoms with Crippen molar-refractivity contribution in [3.05, 3.63) is 54.1 Å². The Labute approximate surface area is 167 Å². The number of hydrogen-bond donors (Lipinski definition) is 1. The third-order valence-corrected chi connectivity index (χ3v) is 4.98. The van der Waals surface area contributed by atoms with Crippen LogP contribution in [0.4, 0.5) is 10.5 Å². The lowest BCUT2D eigenvalue weighted by Crippen LogP contribution is -2.52. The van der Waals surface area contributed by atoms with E-state index in [4.69, 9.17) is 9.47 Å². The smallest absolute Gasteiger partial charge is 0.317 e. The highest BCUT2D eigenvalue weighted by Crippen LogP contribution is 2.28. The van der Waals surface area contributed by atoms with Gasteiger partial charge < -0.3 is 24.6 Å². The molecule has 0 aliphatic carbocycles. The van der Waals surface area contributed by atoms with Crippen LogP contribution < -0.4 is 19.7 Å². The first-order valence-corrected chi connectivity index (χ1v) is 9.84. The molecule has 2 aromatic carbocycles. The van der Waals surface area contributed by atoms with Crippen LogP contribution >= 0.6 is 0 Å². The van der Waals surface area contributed by atoms with Crippen LogP contribution in [0.15, 0.2) is 48.5 Å². The molecule has 0 radical (unpaired) electrons. The van der Waals surface area contributed by atoms with E-state index in [1.54, 1.807) is 7.11 Å². The standard InChI is InChI=1S/C22H29N3O3/c1-3-18-8-4-6-10-20(18)28-17-12-23-22(26)25-15-13-24(14-16-25)19-9-5-7-11-21(19)27-2/h4-11H,3,12-17H2,1-2H3,(H,23,26). The number of hydrogen-bond acceptors (Lipinski definition) is 4. The SMILES string of the molecule is CCc1ccccc1OCCNC(=O)N1CCN(c2ccccc2OC)CC1. The number of rotatable bonds is 7. The molecule has 6 nitrogen and oxygen atoms in total. The first-order valence-electron chi connectivity index (χ1n) is 9.84. The molecular formula is C22H29N3O3. The average Bonchev–Trinajstić information content (AvgIpc) is 2.77. The van der Waals surface area contributed by atoms with E-state index in [-0.39, 0.29) is 6.03 Å². The predicted octanol–water partition coefficient (Wildman–Crippen LogP) is 3.17. The fourth-order valence-corrected chi connectivity index (χ4v) is 3.41. The number of anilines is 1. The molecule has 1 heterocycles. The summed E-state index contributed by atoms with van der Waals surface area (Å²) in [4.78, 5) is 16.5. The third kappa shape index (κ3) is 4.88. The van der Waals surface area contributed by atoms with Crippen LogP contribution in [0, 0.1) is 0 Å². The van der Waals surface area contributed by atoms with Crippen LogP contribution in [0.1, 0.15) is 12.5 Å². The number of aryl methyl sites for hydroxylation is 1. The molecule has 28 heavy (non-hydrogen) atoms. The molecule has 0 unspecified atom stereocenters. The van der Waals surface area contributed by atoms with E-state index in [1.165, 1.54) is 5.56 Å². The lowest BCUT2D eigenvalue weighted by molar-refractivity contribution is 0.191. The van der Waals surface area contributed by atoms with E-state index in [9.17, 15) is 4.79 Å². The molecule has 1 aliphatic heterocycles. The lowest BCUT2D eigenvalue weighted by atomic mass is 10.1. The molecule has 150 valence electrons. The zero-order chi connectivity index (χ0) is 19.8. The molecule has 1 aliphatic rings. The summed E-state index contributed by atoms with van der Waals surface area (Å²) in [5, 5.41) is 2.96. The summed E-state index contributed by atoms with van der Waals surface area (Å²) in [6.07, 6.45) is 0.930. The number of ether oxygens (including phenoxy) is 2. The van der Waals surface area contributed by atoms with Crippen LogP contribution in [0.25, 0.3) is 0 Å². The Kier molecular flexibility index (Phi) is 7.00. The monoisotopic (exact) mass is 383 g/mol. The summed E-state index contributed by atoms with van der Waals surface area (Å²) in [7, 11) is 1.68. The van der Waals surface area contributed by atoms with E-state index in [2.05, 4.69) is 29.3 Å². The second-order valence-corrected chi connectivity index (χ2v) is 6.69. The molecule has 2 amide bonds. The number of methoxy groups -OCH3 is 1. The minimum atomic E-state index is -0.0351. The van der Waals surface area contributed by atoms with Gasteiger partial charge in [0, 0.05) is 26.2 Å². The molecule has 3 rings (SSSR count). The molecule has 1 N–H and O–H groups in total.